The summed E-state index contributed by atoms with van der Waals surface area (Å²) in [6.45, 7) is 5.36. The minimum Gasteiger partial charge on any atom is -0.507 e. The summed E-state index contributed by atoms with van der Waals surface area (Å²) in [5, 5.41) is 19.5. The van der Waals surface area contributed by atoms with Crippen molar-refractivity contribution in [1.29, 1.82) is 0 Å². The molecule has 232 valence electrons. The van der Waals surface area contributed by atoms with Crippen LogP contribution in [-0.2, 0) is 17.8 Å². The maximum Gasteiger partial charge on any atom is 0.306 e. The summed E-state index contributed by atoms with van der Waals surface area (Å²) in [6, 6.07) is 7.64. The fourth-order valence-electron chi connectivity index (χ4n) is 7.96. The van der Waals surface area contributed by atoms with Crippen molar-refractivity contribution in [2.75, 3.05) is 48.3 Å². The second-order valence-corrected chi connectivity index (χ2v) is 13.1. The van der Waals surface area contributed by atoms with Gasteiger partial charge in [-0.1, -0.05) is 12.1 Å². The molecule has 3 aromatic rings. The number of phenols is 1. The van der Waals surface area contributed by atoms with Gasteiger partial charge >= 0.3 is 5.97 Å². The molecule has 0 bridgehead atoms. The molecular weight excluding hydrogens is 556 g/mol. The topological polar surface area (TPSA) is 161 Å². The third-order valence-electron chi connectivity index (χ3n) is 10.6. The molecule has 11 heteroatoms. The first-order valence-corrected chi connectivity index (χ1v) is 15.8. The summed E-state index contributed by atoms with van der Waals surface area (Å²) in [4.78, 5) is 31.3. The third kappa shape index (κ3) is 5.34. The summed E-state index contributed by atoms with van der Waals surface area (Å²) in [5.74, 6) is 0.662. The Balaban J connectivity index is 0.953. The molecule has 0 atom stereocenters. The fraction of sp³-hybridized carbons (Fsp3) is 0.485. The lowest BCUT2D eigenvalue weighted by atomic mass is 9.55. The van der Waals surface area contributed by atoms with Gasteiger partial charge in [0, 0.05) is 79.8 Å². The lowest BCUT2D eigenvalue weighted by Gasteiger charge is -2.52. The van der Waals surface area contributed by atoms with Gasteiger partial charge in [-0.05, 0) is 62.1 Å². The van der Waals surface area contributed by atoms with Gasteiger partial charge in [-0.3, -0.25) is 9.69 Å². The zero-order valence-corrected chi connectivity index (χ0v) is 25.1. The molecule has 1 saturated heterocycles. The first kappa shape index (κ1) is 28.5. The number of benzene rings is 1. The molecule has 7 rings (SSSR count). The highest BCUT2D eigenvalue weighted by Crippen LogP contribution is 2.55. The molecule has 4 aliphatic rings. The van der Waals surface area contributed by atoms with Crippen LogP contribution in [0.1, 0.15) is 60.9 Å². The molecule has 3 fully saturated rings. The summed E-state index contributed by atoms with van der Waals surface area (Å²) < 4.78 is 0. The molecule has 0 amide bonds. The van der Waals surface area contributed by atoms with Gasteiger partial charge in [0.15, 0.2) is 0 Å². The van der Waals surface area contributed by atoms with Gasteiger partial charge in [-0.2, -0.15) is 0 Å². The molecule has 1 aromatic carbocycles. The lowest BCUT2D eigenvalue weighted by Crippen LogP contribution is -2.53. The summed E-state index contributed by atoms with van der Waals surface area (Å²) in [5.41, 5.74) is 18.1. The van der Waals surface area contributed by atoms with Crippen LogP contribution in [0.2, 0.25) is 0 Å². The summed E-state index contributed by atoms with van der Waals surface area (Å²) >= 11 is 0. The number of rotatable bonds is 6. The quantitative estimate of drug-likeness (QED) is 0.283. The average molecular weight is 599 g/mol. The number of aromatic hydroxyl groups is 1. The SMILES string of the molecule is N/C(=C\c1c(N)[nH]c2c1CN(c1ncc(N3CCN(C4CCC5(CC4)CC(C(=O)O)C5)CC3)cn1)CC2)c1ccccc1O. The number of hydrogen-bond donors (Lipinski definition) is 5. The number of nitrogens with two attached hydrogens (primary N) is 2. The number of piperazine rings is 1. The first-order chi connectivity index (χ1) is 21.3. The number of phenolic OH excluding ortho intramolecular Hbond substituents is 1. The van der Waals surface area contributed by atoms with Gasteiger partial charge in [0.05, 0.1) is 24.0 Å². The summed E-state index contributed by atoms with van der Waals surface area (Å²) in [6.07, 6.45) is 13.0. The molecule has 7 N–H and O–H groups in total. The van der Waals surface area contributed by atoms with E-state index in [4.69, 9.17) is 21.4 Å². The van der Waals surface area contributed by atoms with E-state index in [1.54, 1.807) is 18.2 Å². The van der Waals surface area contributed by atoms with Crippen LogP contribution in [-0.4, -0.2) is 74.8 Å². The lowest BCUT2D eigenvalue weighted by molar-refractivity contribution is -0.152. The maximum atomic E-state index is 11.3. The van der Waals surface area contributed by atoms with Crippen molar-refractivity contribution < 1.29 is 15.0 Å². The molecule has 0 unspecified atom stereocenters. The number of aliphatic carboxylic acids is 1. The van der Waals surface area contributed by atoms with Crippen LogP contribution < -0.4 is 21.3 Å². The summed E-state index contributed by atoms with van der Waals surface area (Å²) in [7, 11) is 0. The Morgan fingerprint density at radius 1 is 1.02 bits per heavy atom. The minimum atomic E-state index is -0.615. The van der Waals surface area contributed by atoms with E-state index in [9.17, 15) is 15.0 Å². The Morgan fingerprint density at radius 3 is 2.41 bits per heavy atom. The smallest absolute Gasteiger partial charge is 0.306 e. The van der Waals surface area contributed by atoms with E-state index in [2.05, 4.69) is 19.7 Å². The number of carbonyl (C=O) groups is 1. The number of H-pyrrole nitrogens is 1. The molecule has 2 aromatic heterocycles. The molecule has 11 nitrogen and oxygen atoms in total. The Labute approximate surface area is 257 Å². The average Bonchev–Trinajstić information content (AvgIpc) is 3.34. The Hall–Kier alpha value is -4.25. The molecular formula is C33H42N8O3. The number of anilines is 3. The highest BCUT2D eigenvalue weighted by atomic mass is 16.4. The van der Waals surface area contributed by atoms with Crippen LogP contribution in [0.3, 0.4) is 0 Å². The van der Waals surface area contributed by atoms with Crippen molar-refractivity contribution in [3.8, 4) is 5.75 Å². The maximum absolute atomic E-state index is 11.3. The normalized spacial score (nSPS) is 26.0. The van der Waals surface area contributed by atoms with Crippen molar-refractivity contribution in [1.82, 2.24) is 19.9 Å². The molecule has 2 saturated carbocycles. The van der Waals surface area contributed by atoms with E-state index >= 15 is 0 Å². The second-order valence-electron chi connectivity index (χ2n) is 13.1. The number of fused-ring (bicyclic) bond motifs is 1. The highest BCUT2D eigenvalue weighted by molar-refractivity contribution is 5.86. The zero-order chi connectivity index (χ0) is 30.4. The van der Waals surface area contributed by atoms with E-state index < -0.39 is 5.97 Å². The predicted molar refractivity (Wildman–Crippen MR) is 171 cm³/mol. The number of carboxylic acids is 1. The Kier molecular flexibility index (Phi) is 7.36. The highest BCUT2D eigenvalue weighted by Gasteiger charge is 2.49. The number of nitrogen functional groups attached to an aromatic ring is 1. The van der Waals surface area contributed by atoms with Gasteiger partial charge in [0.1, 0.15) is 11.6 Å². The van der Waals surface area contributed by atoms with Crippen LogP contribution in [0.15, 0.2) is 36.7 Å². The number of aromatic nitrogens is 3. The monoisotopic (exact) mass is 598 g/mol. The van der Waals surface area contributed by atoms with E-state index in [1.807, 2.05) is 24.5 Å². The van der Waals surface area contributed by atoms with Crippen LogP contribution in [0, 0.1) is 11.3 Å². The fourth-order valence-corrected chi connectivity index (χ4v) is 7.96. The Bertz CT molecular complexity index is 1540. The largest absolute Gasteiger partial charge is 0.507 e. The van der Waals surface area contributed by atoms with Crippen molar-refractivity contribution in [3.63, 3.8) is 0 Å². The van der Waals surface area contributed by atoms with Crippen molar-refractivity contribution in [2.45, 2.75) is 57.5 Å². The van der Waals surface area contributed by atoms with Gasteiger partial charge in [-0.25, -0.2) is 9.97 Å². The predicted octanol–water partition coefficient (Wildman–Crippen LogP) is 3.66. The molecule has 2 aliphatic carbocycles. The third-order valence-corrected chi connectivity index (χ3v) is 10.6. The van der Waals surface area contributed by atoms with Crippen LogP contribution >= 0.6 is 0 Å². The number of aromatic amines is 1. The van der Waals surface area contributed by atoms with Crippen molar-refractivity contribution in [2.24, 2.45) is 17.1 Å². The molecule has 1 spiro atoms. The number of para-hydroxylation sites is 1. The number of nitrogens with one attached hydrogen (secondary N) is 1. The van der Waals surface area contributed by atoms with E-state index in [0.717, 1.165) is 74.5 Å². The van der Waals surface area contributed by atoms with Crippen molar-refractivity contribution >= 4 is 35.2 Å². The molecule has 0 radical (unpaired) electrons. The Morgan fingerprint density at radius 2 is 1.73 bits per heavy atom. The second kappa shape index (κ2) is 11.4. The number of carboxylic acid groups (broad SMARTS) is 1. The van der Waals surface area contributed by atoms with Crippen LogP contribution in [0.25, 0.3) is 11.8 Å². The number of nitrogens with zero attached hydrogens (tertiary/aromatic N) is 5. The molecule has 44 heavy (non-hydrogen) atoms. The van der Waals surface area contributed by atoms with Gasteiger partial charge in [-0.15, -0.1) is 0 Å². The van der Waals surface area contributed by atoms with E-state index in [0.29, 0.717) is 41.0 Å². The van der Waals surface area contributed by atoms with Crippen LogP contribution in [0.4, 0.5) is 17.5 Å². The molecule has 4 heterocycles. The van der Waals surface area contributed by atoms with E-state index in [-0.39, 0.29) is 11.7 Å². The standard InChI is InChI=1S/C33H42N8O3/c34-27(24-3-1-2-4-29(24)42)15-25-26-20-41(10-7-28(26)38-30(25)35)32-36-18-23(19-37-32)40-13-11-39(12-14-40)22-5-8-33(9-6-22)16-21(17-33)31(43)44/h1-4,15,18-19,21-22,38,42H,5-14,16-17,20,34-35H2,(H,43,44)/b27-15-. The van der Waals surface area contributed by atoms with Gasteiger partial charge in [0.25, 0.3) is 0 Å². The zero-order valence-electron chi connectivity index (χ0n) is 25.1. The number of hydrogen-bond acceptors (Lipinski definition) is 9. The first-order valence-electron chi connectivity index (χ1n) is 15.8. The van der Waals surface area contributed by atoms with Crippen LogP contribution in [0.5, 0.6) is 5.75 Å². The molecule has 2 aliphatic heterocycles. The van der Waals surface area contributed by atoms with Crippen molar-refractivity contribution in [3.05, 3.63) is 59.0 Å². The minimum absolute atomic E-state index is 0.112. The van der Waals surface area contributed by atoms with E-state index in [1.165, 1.54) is 25.7 Å². The van der Waals surface area contributed by atoms with Gasteiger partial charge in [0.2, 0.25) is 5.95 Å². The van der Waals surface area contributed by atoms with Gasteiger partial charge < -0.3 is 36.5 Å².